The zero-order chi connectivity index (χ0) is 13.8. The summed E-state index contributed by atoms with van der Waals surface area (Å²) in [6.45, 7) is 2.60. The maximum Gasteiger partial charge on any atom is 0.136 e. The number of hydrogen-bond donors (Lipinski definition) is 2. The Hall–Kier alpha value is -1.46. The Labute approximate surface area is 126 Å². The number of benzene rings is 1. The molecule has 2 rings (SSSR count). The summed E-state index contributed by atoms with van der Waals surface area (Å²) in [6.07, 6.45) is 0. The first kappa shape index (κ1) is 14.0. The highest BCUT2D eigenvalue weighted by molar-refractivity contribution is 9.10. The topological polar surface area (TPSA) is 50.9 Å². The zero-order valence-electron chi connectivity index (χ0n) is 10.5. The first-order chi connectivity index (χ1) is 9.08. The Kier molecular flexibility index (Phi) is 4.50. The molecule has 98 valence electrons. The Balaban J connectivity index is 2.22. The van der Waals surface area contributed by atoms with Crippen LogP contribution in [0.2, 0.25) is 0 Å². The van der Waals surface area contributed by atoms with E-state index in [1.54, 1.807) is 0 Å². The van der Waals surface area contributed by atoms with Gasteiger partial charge in [-0.1, -0.05) is 46.3 Å². The lowest BCUT2D eigenvalue weighted by molar-refractivity contribution is 1.08. The van der Waals surface area contributed by atoms with Crippen LogP contribution < -0.4 is 11.1 Å². The Morgan fingerprint density at radius 2 is 2.05 bits per heavy atom. The van der Waals surface area contributed by atoms with Crippen LogP contribution in [0, 0.1) is 6.92 Å². The number of anilines is 1. The summed E-state index contributed by atoms with van der Waals surface area (Å²) in [4.78, 5) is 4.79. The largest absolute Gasteiger partial charge is 0.389 e. The van der Waals surface area contributed by atoms with Crippen LogP contribution >= 0.6 is 28.1 Å². The summed E-state index contributed by atoms with van der Waals surface area (Å²) in [5.74, 6) is 0.725. The minimum absolute atomic E-state index is 0.349. The van der Waals surface area contributed by atoms with Gasteiger partial charge in [0.05, 0.1) is 5.56 Å². The van der Waals surface area contributed by atoms with Gasteiger partial charge in [0.2, 0.25) is 0 Å². The molecule has 3 N–H and O–H groups in total. The Morgan fingerprint density at radius 3 is 2.74 bits per heavy atom. The molecular weight excluding hydrogens is 322 g/mol. The number of nitrogens with one attached hydrogen (secondary N) is 1. The fraction of sp³-hybridized carbons (Fsp3) is 0.143. The lowest BCUT2D eigenvalue weighted by Gasteiger charge is -2.12. The van der Waals surface area contributed by atoms with Crippen molar-refractivity contribution in [2.24, 2.45) is 5.73 Å². The molecule has 0 radical (unpaired) electrons. The standard InChI is InChI=1S/C14H14BrN3S/c1-9-6-7-11(13(16)19)14(18-9)17-8-10-4-2-3-5-12(10)15/h2-7H,8H2,1H3,(H2,16,19)(H,17,18). The summed E-state index contributed by atoms with van der Waals surface area (Å²) in [5.41, 5.74) is 8.55. The van der Waals surface area contributed by atoms with Gasteiger partial charge in [-0.2, -0.15) is 0 Å². The maximum absolute atomic E-state index is 5.71. The van der Waals surface area contributed by atoms with Gasteiger partial charge in [0.15, 0.2) is 0 Å². The molecule has 0 saturated heterocycles. The number of hydrogen-bond acceptors (Lipinski definition) is 3. The van der Waals surface area contributed by atoms with Crippen molar-refractivity contribution in [3.63, 3.8) is 0 Å². The van der Waals surface area contributed by atoms with Gasteiger partial charge in [0.1, 0.15) is 10.8 Å². The van der Waals surface area contributed by atoms with Crippen molar-refractivity contribution in [2.45, 2.75) is 13.5 Å². The fourth-order valence-corrected chi connectivity index (χ4v) is 2.30. The third kappa shape index (κ3) is 3.52. The van der Waals surface area contributed by atoms with Gasteiger partial charge in [-0.15, -0.1) is 0 Å². The van der Waals surface area contributed by atoms with E-state index in [-0.39, 0.29) is 0 Å². The molecule has 0 bridgehead atoms. The molecule has 1 aromatic carbocycles. The van der Waals surface area contributed by atoms with E-state index >= 15 is 0 Å². The van der Waals surface area contributed by atoms with Crippen LogP contribution in [-0.2, 0) is 6.54 Å². The van der Waals surface area contributed by atoms with Crippen molar-refractivity contribution in [1.82, 2.24) is 4.98 Å². The Bertz CT molecular complexity index is 613. The number of aromatic nitrogens is 1. The molecule has 0 atom stereocenters. The van der Waals surface area contributed by atoms with Crippen molar-refractivity contribution in [2.75, 3.05) is 5.32 Å². The minimum Gasteiger partial charge on any atom is -0.389 e. The minimum atomic E-state index is 0.349. The molecular formula is C14H14BrN3S. The van der Waals surface area contributed by atoms with Crippen LogP contribution in [0.4, 0.5) is 5.82 Å². The normalized spacial score (nSPS) is 10.2. The van der Waals surface area contributed by atoms with Gasteiger partial charge in [-0.3, -0.25) is 0 Å². The number of thiocarbonyl (C=S) groups is 1. The average Bonchev–Trinajstić information content (AvgIpc) is 2.37. The second kappa shape index (κ2) is 6.12. The van der Waals surface area contributed by atoms with E-state index in [9.17, 15) is 0 Å². The number of nitrogens with two attached hydrogens (primary N) is 1. The average molecular weight is 336 g/mol. The summed E-state index contributed by atoms with van der Waals surface area (Å²) < 4.78 is 1.06. The van der Waals surface area contributed by atoms with Crippen LogP contribution in [-0.4, -0.2) is 9.97 Å². The molecule has 0 aliphatic heterocycles. The fourth-order valence-electron chi connectivity index (χ4n) is 1.71. The third-order valence-electron chi connectivity index (χ3n) is 2.70. The number of pyridine rings is 1. The smallest absolute Gasteiger partial charge is 0.136 e. The van der Waals surface area contributed by atoms with Crippen LogP contribution in [0.25, 0.3) is 0 Å². The lowest BCUT2D eigenvalue weighted by Crippen LogP contribution is -2.15. The molecule has 0 amide bonds. The molecule has 1 aromatic heterocycles. The second-order valence-corrected chi connectivity index (χ2v) is 5.45. The van der Waals surface area contributed by atoms with Crippen molar-refractivity contribution < 1.29 is 0 Å². The number of nitrogens with zero attached hydrogens (tertiary/aromatic N) is 1. The Morgan fingerprint density at radius 1 is 1.32 bits per heavy atom. The molecule has 1 heterocycles. The highest BCUT2D eigenvalue weighted by Gasteiger charge is 2.07. The highest BCUT2D eigenvalue weighted by Crippen LogP contribution is 2.19. The quantitative estimate of drug-likeness (QED) is 0.841. The van der Waals surface area contributed by atoms with E-state index in [1.165, 1.54) is 0 Å². The number of halogens is 1. The third-order valence-corrected chi connectivity index (χ3v) is 3.70. The van der Waals surface area contributed by atoms with Gasteiger partial charge < -0.3 is 11.1 Å². The number of rotatable bonds is 4. The van der Waals surface area contributed by atoms with E-state index in [1.807, 2.05) is 43.3 Å². The summed E-state index contributed by atoms with van der Waals surface area (Å²) in [6, 6.07) is 11.8. The van der Waals surface area contributed by atoms with Crippen LogP contribution in [0.3, 0.4) is 0 Å². The molecule has 0 aliphatic rings. The molecule has 3 nitrogen and oxygen atoms in total. The van der Waals surface area contributed by atoms with Crippen molar-refractivity contribution in [3.05, 3.63) is 57.7 Å². The summed E-state index contributed by atoms with van der Waals surface area (Å²) in [5, 5.41) is 3.28. The monoisotopic (exact) mass is 335 g/mol. The van der Waals surface area contributed by atoms with Gasteiger partial charge in [-0.05, 0) is 30.7 Å². The maximum atomic E-state index is 5.71. The van der Waals surface area contributed by atoms with E-state index in [2.05, 4.69) is 26.2 Å². The summed E-state index contributed by atoms with van der Waals surface area (Å²) in [7, 11) is 0. The van der Waals surface area contributed by atoms with Gasteiger partial charge in [-0.25, -0.2) is 4.98 Å². The first-order valence-corrected chi connectivity index (χ1v) is 7.03. The van der Waals surface area contributed by atoms with Crippen molar-refractivity contribution in [1.29, 1.82) is 0 Å². The molecule has 0 unspecified atom stereocenters. The summed E-state index contributed by atoms with van der Waals surface area (Å²) >= 11 is 8.56. The van der Waals surface area contributed by atoms with Crippen molar-refractivity contribution >= 4 is 39.0 Å². The zero-order valence-corrected chi connectivity index (χ0v) is 12.9. The predicted molar refractivity (Wildman–Crippen MR) is 86.3 cm³/mol. The lowest BCUT2D eigenvalue weighted by atomic mass is 10.2. The SMILES string of the molecule is Cc1ccc(C(N)=S)c(NCc2ccccc2Br)n1. The van der Waals surface area contributed by atoms with Gasteiger partial charge in [0, 0.05) is 16.7 Å². The van der Waals surface area contributed by atoms with E-state index in [0.717, 1.165) is 27.1 Å². The molecule has 2 aromatic rings. The molecule has 0 aliphatic carbocycles. The molecule has 0 spiro atoms. The number of aryl methyl sites for hydroxylation is 1. The molecule has 5 heteroatoms. The van der Waals surface area contributed by atoms with Crippen LogP contribution in [0.1, 0.15) is 16.8 Å². The molecule has 0 saturated carbocycles. The van der Waals surface area contributed by atoms with Crippen LogP contribution in [0.5, 0.6) is 0 Å². The highest BCUT2D eigenvalue weighted by atomic mass is 79.9. The second-order valence-electron chi connectivity index (χ2n) is 4.16. The predicted octanol–water partition coefficient (Wildman–Crippen LogP) is 3.40. The van der Waals surface area contributed by atoms with Crippen molar-refractivity contribution in [3.8, 4) is 0 Å². The molecule has 19 heavy (non-hydrogen) atoms. The van der Waals surface area contributed by atoms with Gasteiger partial charge in [0.25, 0.3) is 0 Å². The van der Waals surface area contributed by atoms with Gasteiger partial charge >= 0.3 is 0 Å². The molecule has 0 fully saturated rings. The first-order valence-electron chi connectivity index (χ1n) is 5.82. The van der Waals surface area contributed by atoms with E-state index < -0.39 is 0 Å². The van der Waals surface area contributed by atoms with E-state index in [4.69, 9.17) is 18.0 Å². The van der Waals surface area contributed by atoms with E-state index in [0.29, 0.717) is 11.5 Å². The van der Waals surface area contributed by atoms with Crippen LogP contribution in [0.15, 0.2) is 40.9 Å².